The van der Waals surface area contributed by atoms with E-state index in [9.17, 15) is 0 Å². The first-order valence-corrected chi connectivity index (χ1v) is 9.33. The van der Waals surface area contributed by atoms with Gasteiger partial charge in [0.25, 0.3) is 0 Å². The molecule has 1 heterocycles. The summed E-state index contributed by atoms with van der Waals surface area (Å²) in [6.07, 6.45) is 6.58. The third-order valence-corrected chi connectivity index (χ3v) is 8.19. The molecule has 124 valence electrons. The number of hydrogen-bond acceptors (Lipinski definition) is 2. The Kier molecular flexibility index (Phi) is 2.65. The van der Waals surface area contributed by atoms with Gasteiger partial charge in [0.1, 0.15) is 5.60 Å². The Morgan fingerprint density at radius 2 is 1.87 bits per heavy atom. The van der Waals surface area contributed by atoms with Crippen LogP contribution in [-0.4, -0.2) is 17.3 Å². The maximum atomic E-state index is 6.76. The maximum absolute atomic E-state index is 6.76. The van der Waals surface area contributed by atoms with Crippen molar-refractivity contribution in [1.29, 1.82) is 0 Å². The topological polar surface area (TPSA) is 18.5 Å². The second-order valence-corrected chi connectivity index (χ2v) is 9.07. The van der Waals surface area contributed by atoms with Crippen LogP contribution in [0.5, 0.6) is 0 Å². The number of rotatable bonds is 3. The van der Waals surface area contributed by atoms with Crippen LogP contribution in [0.3, 0.4) is 0 Å². The Balaban J connectivity index is 1.51. The summed E-state index contributed by atoms with van der Waals surface area (Å²) in [4.78, 5) is 0. The highest BCUT2D eigenvalue weighted by molar-refractivity contribution is 5.37. The largest absolute Gasteiger partial charge is 0.370 e. The van der Waals surface area contributed by atoms with Crippen molar-refractivity contribution in [1.82, 2.24) is 0 Å². The van der Waals surface area contributed by atoms with E-state index in [4.69, 9.17) is 9.47 Å². The zero-order valence-electron chi connectivity index (χ0n) is 14.6. The van der Waals surface area contributed by atoms with Crippen molar-refractivity contribution in [2.24, 2.45) is 16.7 Å². The lowest BCUT2D eigenvalue weighted by Gasteiger charge is -2.70. The molecule has 2 nitrogen and oxygen atoms in total. The van der Waals surface area contributed by atoms with Gasteiger partial charge in [-0.05, 0) is 55.9 Å². The van der Waals surface area contributed by atoms with E-state index in [0.29, 0.717) is 16.7 Å². The van der Waals surface area contributed by atoms with E-state index in [1.807, 2.05) is 0 Å². The molecule has 2 bridgehead atoms. The van der Waals surface area contributed by atoms with Crippen molar-refractivity contribution in [3.8, 4) is 0 Å². The van der Waals surface area contributed by atoms with Gasteiger partial charge in [0.05, 0.1) is 18.3 Å². The van der Waals surface area contributed by atoms with Crippen molar-refractivity contribution in [3.63, 3.8) is 0 Å². The lowest BCUT2D eigenvalue weighted by Crippen LogP contribution is -2.76. The zero-order valence-corrected chi connectivity index (χ0v) is 14.6. The second-order valence-electron chi connectivity index (χ2n) is 9.07. The highest BCUT2D eigenvalue weighted by Crippen LogP contribution is 2.84. The lowest BCUT2D eigenvalue weighted by atomic mass is 9.46. The molecule has 0 N–H and O–H groups in total. The summed E-state index contributed by atoms with van der Waals surface area (Å²) >= 11 is 0. The Hall–Kier alpha value is -0.860. The van der Waals surface area contributed by atoms with Gasteiger partial charge in [-0.25, -0.2) is 0 Å². The molecule has 0 aromatic heterocycles. The Morgan fingerprint density at radius 1 is 1.09 bits per heavy atom. The monoisotopic (exact) mass is 312 g/mol. The van der Waals surface area contributed by atoms with Gasteiger partial charge in [0, 0.05) is 5.41 Å². The van der Waals surface area contributed by atoms with E-state index in [0.717, 1.165) is 6.61 Å². The standard InChI is InChI=1S/C21H28O2/c1-18(2)16-10-13-19(3)21(18)12-7-11-20(21,23-19)17(16)22-14-15-8-5-4-6-9-15/h4-6,8-9,16-17H,7,10-14H2,1-3H3/t16-,17+,19-,20+,21+/m1/s1. The van der Waals surface area contributed by atoms with Gasteiger partial charge in [0.2, 0.25) is 0 Å². The normalized spacial score (nSPS) is 48.8. The predicted molar refractivity (Wildman–Crippen MR) is 90.0 cm³/mol. The van der Waals surface area contributed by atoms with E-state index in [1.165, 1.54) is 37.7 Å². The van der Waals surface area contributed by atoms with Gasteiger partial charge in [-0.2, -0.15) is 0 Å². The average molecular weight is 312 g/mol. The predicted octanol–water partition coefficient (Wildman–Crippen LogP) is 4.72. The Morgan fingerprint density at radius 3 is 2.65 bits per heavy atom. The van der Waals surface area contributed by atoms with Crippen molar-refractivity contribution in [2.75, 3.05) is 0 Å². The van der Waals surface area contributed by atoms with E-state index < -0.39 is 0 Å². The molecule has 5 rings (SSSR count). The SMILES string of the molecule is CC1(C)[C@@H]2CC[C@@]3(C)O[C@@]4(CCC[C@]134)[C@H]2OCc1ccccc1. The van der Waals surface area contributed by atoms with Crippen LogP contribution >= 0.6 is 0 Å². The van der Waals surface area contributed by atoms with Crippen molar-refractivity contribution < 1.29 is 9.47 Å². The lowest BCUT2D eigenvalue weighted by molar-refractivity contribution is -0.391. The quantitative estimate of drug-likeness (QED) is 0.804. The van der Waals surface area contributed by atoms with Crippen LogP contribution < -0.4 is 0 Å². The molecule has 0 unspecified atom stereocenters. The minimum absolute atomic E-state index is 0.00119. The van der Waals surface area contributed by atoms with Gasteiger partial charge in [-0.15, -0.1) is 0 Å². The summed E-state index contributed by atoms with van der Waals surface area (Å²) in [6.45, 7) is 8.11. The average Bonchev–Trinajstić information content (AvgIpc) is 2.79. The smallest absolute Gasteiger partial charge is 0.104 e. The van der Waals surface area contributed by atoms with E-state index >= 15 is 0 Å². The first-order chi connectivity index (χ1) is 11.0. The molecule has 3 aliphatic carbocycles. The molecular weight excluding hydrogens is 284 g/mol. The van der Waals surface area contributed by atoms with Crippen LogP contribution in [0.15, 0.2) is 30.3 Å². The fourth-order valence-electron chi connectivity index (χ4n) is 7.56. The number of fused-ring (bicyclic) bond motifs is 1. The van der Waals surface area contributed by atoms with Crippen molar-refractivity contribution >= 4 is 0 Å². The van der Waals surface area contributed by atoms with E-state index in [2.05, 4.69) is 51.1 Å². The number of ether oxygens (including phenoxy) is 2. The second kappa shape index (κ2) is 4.21. The van der Waals surface area contributed by atoms with Gasteiger partial charge in [-0.3, -0.25) is 0 Å². The highest BCUT2D eigenvalue weighted by Gasteiger charge is 2.89. The Labute approximate surface area is 139 Å². The molecule has 4 fully saturated rings. The molecule has 1 aromatic carbocycles. The first kappa shape index (κ1) is 14.5. The molecular formula is C21H28O2. The molecule has 23 heavy (non-hydrogen) atoms. The molecule has 3 saturated carbocycles. The first-order valence-electron chi connectivity index (χ1n) is 9.33. The number of hydrogen-bond donors (Lipinski definition) is 0. The summed E-state index contributed by atoms with van der Waals surface area (Å²) < 4.78 is 13.4. The van der Waals surface area contributed by atoms with Crippen LogP contribution in [0.1, 0.15) is 58.4 Å². The third-order valence-electron chi connectivity index (χ3n) is 8.19. The third kappa shape index (κ3) is 1.37. The fraction of sp³-hybridized carbons (Fsp3) is 0.714. The molecule has 0 amide bonds. The fourth-order valence-corrected chi connectivity index (χ4v) is 7.56. The van der Waals surface area contributed by atoms with Crippen LogP contribution in [0.4, 0.5) is 0 Å². The zero-order chi connectivity index (χ0) is 15.9. The summed E-state index contributed by atoms with van der Waals surface area (Å²) in [7, 11) is 0. The van der Waals surface area contributed by atoms with E-state index in [-0.39, 0.29) is 17.3 Å². The van der Waals surface area contributed by atoms with Crippen LogP contribution in [0, 0.1) is 16.7 Å². The molecule has 1 saturated heterocycles. The molecule has 2 heteroatoms. The van der Waals surface area contributed by atoms with Crippen LogP contribution in [0.25, 0.3) is 0 Å². The summed E-state index contributed by atoms with van der Waals surface area (Å²) in [6, 6.07) is 10.6. The molecule has 1 aromatic rings. The molecule has 1 spiro atoms. The van der Waals surface area contributed by atoms with Gasteiger partial charge in [0.15, 0.2) is 0 Å². The molecule has 1 aliphatic heterocycles. The summed E-state index contributed by atoms with van der Waals surface area (Å²) in [5.74, 6) is 0.641. The van der Waals surface area contributed by atoms with E-state index in [1.54, 1.807) is 0 Å². The highest BCUT2D eigenvalue weighted by atomic mass is 16.6. The van der Waals surface area contributed by atoms with Gasteiger partial charge < -0.3 is 9.47 Å². The molecule has 5 atom stereocenters. The minimum Gasteiger partial charge on any atom is -0.370 e. The van der Waals surface area contributed by atoms with Crippen molar-refractivity contribution in [3.05, 3.63) is 35.9 Å². The number of benzene rings is 1. The van der Waals surface area contributed by atoms with Crippen molar-refractivity contribution in [2.45, 2.75) is 76.8 Å². The minimum atomic E-state index is 0.00119. The van der Waals surface area contributed by atoms with Gasteiger partial charge >= 0.3 is 0 Å². The Bertz CT molecular complexity index is 639. The summed E-state index contributed by atoms with van der Waals surface area (Å²) in [5, 5.41) is 0. The van der Waals surface area contributed by atoms with Gasteiger partial charge in [-0.1, -0.05) is 44.2 Å². The maximum Gasteiger partial charge on any atom is 0.104 e. The van der Waals surface area contributed by atoms with Crippen LogP contribution in [-0.2, 0) is 16.1 Å². The molecule has 4 aliphatic rings. The summed E-state index contributed by atoms with van der Waals surface area (Å²) in [5.41, 5.74) is 2.04. The molecule has 0 radical (unpaired) electrons. The van der Waals surface area contributed by atoms with Crippen LogP contribution in [0.2, 0.25) is 0 Å².